The van der Waals surface area contributed by atoms with Crippen molar-refractivity contribution in [2.75, 3.05) is 13.2 Å². The molecule has 1 N–H and O–H groups in total. The van der Waals surface area contributed by atoms with Gasteiger partial charge in [0.1, 0.15) is 0 Å². The molecule has 15 heavy (non-hydrogen) atoms. The van der Waals surface area contributed by atoms with E-state index in [0.717, 1.165) is 0 Å². The lowest BCUT2D eigenvalue weighted by Crippen LogP contribution is -2.25. The largest absolute Gasteiger partial charge is 0.461 e. The minimum atomic E-state index is -0.384. The summed E-state index contributed by atoms with van der Waals surface area (Å²) in [6.07, 6.45) is 0. The smallest absolute Gasteiger partial charge is 0.338 e. The number of ether oxygens (including phenoxy) is 1. The molecule has 0 heterocycles. The van der Waals surface area contributed by atoms with Crippen LogP contribution in [-0.4, -0.2) is 24.3 Å². The first-order chi connectivity index (χ1) is 7.05. The second-order valence-corrected chi connectivity index (χ2v) is 4.26. The molecular weight excluding hydrogens is 192 g/mol. The Labute approximate surface area is 89.7 Å². The predicted molar refractivity (Wildman–Crippen MR) is 57.6 cm³/mol. The first-order valence-corrected chi connectivity index (χ1v) is 4.88. The molecule has 0 saturated carbocycles. The molecule has 1 rings (SSSR count). The van der Waals surface area contributed by atoms with Crippen molar-refractivity contribution in [3.63, 3.8) is 0 Å². The van der Waals surface area contributed by atoms with Crippen molar-refractivity contribution in [1.82, 2.24) is 0 Å². The first-order valence-electron chi connectivity index (χ1n) is 4.88. The van der Waals surface area contributed by atoms with Crippen molar-refractivity contribution in [2.24, 2.45) is 5.41 Å². The van der Waals surface area contributed by atoms with Gasteiger partial charge in [0, 0.05) is 5.41 Å². The summed E-state index contributed by atoms with van der Waals surface area (Å²) in [7, 11) is 0. The molecule has 0 saturated heterocycles. The van der Waals surface area contributed by atoms with E-state index < -0.39 is 0 Å². The third kappa shape index (κ3) is 3.72. The molecule has 1 aromatic carbocycles. The molecule has 0 amide bonds. The normalized spacial score (nSPS) is 11.1. The van der Waals surface area contributed by atoms with Crippen LogP contribution in [0.5, 0.6) is 0 Å². The van der Waals surface area contributed by atoms with E-state index in [1.165, 1.54) is 0 Å². The molecule has 3 nitrogen and oxygen atoms in total. The maximum Gasteiger partial charge on any atom is 0.338 e. The zero-order chi connectivity index (χ0) is 11.3. The van der Waals surface area contributed by atoms with Crippen LogP contribution in [0.25, 0.3) is 0 Å². The Bertz CT molecular complexity index is 317. The van der Waals surface area contributed by atoms with E-state index in [-0.39, 0.29) is 24.6 Å². The van der Waals surface area contributed by atoms with Gasteiger partial charge in [-0.1, -0.05) is 32.0 Å². The van der Waals surface area contributed by atoms with Gasteiger partial charge in [0.2, 0.25) is 0 Å². The van der Waals surface area contributed by atoms with E-state index in [2.05, 4.69) is 0 Å². The third-order valence-electron chi connectivity index (χ3n) is 2.03. The predicted octanol–water partition coefficient (Wildman–Crippen LogP) is 1.86. The van der Waals surface area contributed by atoms with Crippen molar-refractivity contribution in [3.05, 3.63) is 35.9 Å². The van der Waals surface area contributed by atoms with Gasteiger partial charge in [-0.25, -0.2) is 4.79 Å². The van der Waals surface area contributed by atoms with E-state index in [0.29, 0.717) is 5.56 Å². The van der Waals surface area contributed by atoms with Gasteiger partial charge < -0.3 is 9.84 Å². The zero-order valence-electron chi connectivity index (χ0n) is 9.06. The van der Waals surface area contributed by atoms with Crippen LogP contribution in [0.3, 0.4) is 0 Å². The maximum atomic E-state index is 11.5. The second kappa shape index (κ2) is 4.94. The van der Waals surface area contributed by atoms with Crippen molar-refractivity contribution in [2.45, 2.75) is 13.8 Å². The monoisotopic (exact) mass is 208 g/mol. The summed E-state index contributed by atoms with van der Waals surface area (Å²) in [4.78, 5) is 11.5. The molecule has 0 aromatic heterocycles. The Balaban J connectivity index is 2.51. The van der Waals surface area contributed by atoms with Crippen LogP contribution in [0.4, 0.5) is 0 Å². The number of carbonyl (C=O) groups excluding carboxylic acids is 1. The van der Waals surface area contributed by atoms with Gasteiger partial charge in [0.15, 0.2) is 0 Å². The van der Waals surface area contributed by atoms with Gasteiger partial charge in [0.05, 0.1) is 18.8 Å². The first kappa shape index (κ1) is 11.7. The van der Waals surface area contributed by atoms with Crippen LogP contribution in [0, 0.1) is 5.41 Å². The summed E-state index contributed by atoms with van der Waals surface area (Å²) in [5.74, 6) is -0.350. The number of rotatable bonds is 4. The fourth-order valence-electron chi connectivity index (χ4n) is 0.964. The molecule has 82 valence electrons. The third-order valence-corrected chi connectivity index (χ3v) is 2.03. The fraction of sp³-hybridized carbons (Fsp3) is 0.417. The Morgan fingerprint density at radius 1 is 1.33 bits per heavy atom. The van der Waals surface area contributed by atoms with Crippen LogP contribution < -0.4 is 0 Å². The molecule has 0 unspecified atom stereocenters. The summed E-state index contributed by atoms with van der Waals surface area (Å²) >= 11 is 0. The van der Waals surface area contributed by atoms with E-state index >= 15 is 0 Å². The molecule has 0 aliphatic heterocycles. The average Bonchev–Trinajstić information content (AvgIpc) is 2.27. The maximum absolute atomic E-state index is 11.5. The Morgan fingerprint density at radius 2 is 1.93 bits per heavy atom. The number of hydrogen-bond acceptors (Lipinski definition) is 3. The highest BCUT2D eigenvalue weighted by Gasteiger charge is 2.19. The summed E-state index contributed by atoms with van der Waals surface area (Å²) in [6, 6.07) is 8.82. The molecule has 3 heteroatoms. The van der Waals surface area contributed by atoms with Gasteiger partial charge in [-0.05, 0) is 12.1 Å². The summed E-state index contributed by atoms with van der Waals surface area (Å²) in [5, 5.41) is 8.99. The number of esters is 1. The van der Waals surface area contributed by atoms with Crippen LogP contribution in [0.2, 0.25) is 0 Å². The van der Waals surface area contributed by atoms with E-state index in [4.69, 9.17) is 9.84 Å². The molecule has 0 bridgehead atoms. The summed E-state index contributed by atoms with van der Waals surface area (Å²) in [5.41, 5.74) is 0.149. The van der Waals surface area contributed by atoms with Crippen LogP contribution in [-0.2, 0) is 4.74 Å². The van der Waals surface area contributed by atoms with Crippen LogP contribution in [0.1, 0.15) is 24.2 Å². The summed E-state index contributed by atoms with van der Waals surface area (Å²) < 4.78 is 5.08. The number of aliphatic hydroxyl groups is 1. The molecule has 0 spiro atoms. The van der Waals surface area contributed by atoms with Crippen molar-refractivity contribution in [1.29, 1.82) is 0 Å². The topological polar surface area (TPSA) is 46.5 Å². The van der Waals surface area contributed by atoms with Crippen LogP contribution in [0.15, 0.2) is 30.3 Å². The highest BCUT2D eigenvalue weighted by molar-refractivity contribution is 5.89. The molecule has 1 aromatic rings. The lowest BCUT2D eigenvalue weighted by molar-refractivity contribution is 0.0219. The molecule has 0 radical (unpaired) electrons. The molecule has 0 aliphatic carbocycles. The van der Waals surface area contributed by atoms with Crippen molar-refractivity contribution < 1.29 is 14.6 Å². The quantitative estimate of drug-likeness (QED) is 0.768. The minimum absolute atomic E-state index is 0.00489. The second-order valence-electron chi connectivity index (χ2n) is 4.26. The number of benzene rings is 1. The number of carbonyl (C=O) groups is 1. The lowest BCUT2D eigenvalue weighted by Gasteiger charge is -2.20. The van der Waals surface area contributed by atoms with E-state index in [1.54, 1.807) is 24.3 Å². The Hall–Kier alpha value is -1.35. The van der Waals surface area contributed by atoms with E-state index in [9.17, 15) is 4.79 Å². The van der Waals surface area contributed by atoms with Gasteiger partial charge in [-0.2, -0.15) is 0 Å². The van der Waals surface area contributed by atoms with E-state index in [1.807, 2.05) is 19.9 Å². The zero-order valence-corrected chi connectivity index (χ0v) is 9.06. The Kier molecular flexibility index (Phi) is 3.86. The van der Waals surface area contributed by atoms with Crippen molar-refractivity contribution >= 4 is 5.97 Å². The highest BCUT2D eigenvalue weighted by atomic mass is 16.5. The van der Waals surface area contributed by atoms with Crippen molar-refractivity contribution in [3.8, 4) is 0 Å². The highest BCUT2D eigenvalue weighted by Crippen LogP contribution is 2.14. The lowest BCUT2D eigenvalue weighted by atomic mass is 9.96. The van der Waals surface area contributed by atoms with Crippen LogP contribution >= 0.6 is 0 Å². The van der Waals surface area contributed by atoms with Gasteiger partial charge in [-0.15, -0.1) is 0 Å². The molecular formula is C12H16O3. The number of aliphatic hydroxyl groups excluding tert-OH is 1. The molecule has 0 fully saturated rings. The molecule has 0 atom stereocenters. The standard InChI is InChI=1S/C12H16O3/c1-12(2,8-13)9-15-11(14)10-6-4-3-5-7-10/h3-7,13H,8-9H2,1-2H3. The van der Waals surface area contributed by atoms with Gasteiger partial charge in [-0.3, -0.25) is 0 Å². The minimum Gasteiger partial charge on any atom is -0.461 e. The fourth-order valence-corrected chi connectivity index (χ4v) is 0.964. The SMILES string of the molecule is CC(C)(CO)COC(=O)c1ccccc1. The van der Waals surface area contributed by atoms with Gasteiger partial charge >= 0.3 is 5.97 Å². The number of hydrogen-bond donors (Lipinski definition) is 1. The Morgan fingerprint density at radius 3 is 2.47 bits per heavy atom. The molecule has 0 aliphatic rings. The van der Waals surface area contributed by atoms with Gasteiger partial charge in [0.25, 0.3) is 0 Å². The average molecular weight is 208 g/mol. The summed E-state index contributed by atoms with van der Waals surface area (Å²) in [6.45, 7) is 3.89.